The van der Waals surface area contributed by atoms with Crippen LogP contribution in [-0.4, -0.2) is 55.4 Å². The van der Waals surface area contributed by atoms with Gasteiger partial charge >= 0.3 is 5.97 Å². The number of halogens is 1. The van der Waals surface area contributed by atoms with Crippen LogP contribution in [0.25, 0.3) is 6.08 Å². The summed E-state index contributed by atoms with van der Waals surface area (Å²) in [6, 6.07) is 6.66. The average molecular weight is 400 g/mol. The Labute approximate surface area is 158 Å². The quantitative estimate of drug-likeness (QED) is 0.541. The van der Waals surface area contributed by atoms with Gasteiger partial charge in [0.25, 0.3) is 5.91 Å². The van der Waals surface area contributed by atoms with Gasteiger partial charge in [0.15, 0.2) is 15.9 Å². The first kappa shape index (κ1) is 20.5. The third-order valence-corrected chi connectivity index (χ3v) is 6.31. The fourth-order valence-electron chi connectivity index (χ4n) is 2.88. The summed E-state index contributed by atoms with van der Waals surface area (Å²) in [5.74, 6) is -1.02. The second kappa shape index (κ2) is 8.68. The Morgan fingerprint density at radius 3 is 2.65 bits per heavy atom. The molecule has 1 aliphatic rings. The number of hydrogen-bond donors (Lipinski definition) is 0. The third kappa shape index (κ3) is 5.32. The van der Waals surface area contributed by atoms with Crippen LogP contribution in [0.1, 0.15) is 25.8 Å². The van der Waals surface area contributed by atoms with Gasteiger partial charge in [-0.15, -0.1) is 0 Å². The topological polar surface area (TPSA) is 80.8 Å². The SMILES string of the molecule is CCN(C(=O)C(C)OC(=O)/C=C/c1ccccc1Cl)C1CCS(=O)(=O)C1. The molecule has 1 aromatic rings. The van der Waals surface area contributed by atoms with E-state index >= 15 is 0 Å². The van der Waals surface area contributed by atoms with Crippen LogP contribution in [-0.2, 0) is 24.2 Å². The lowest BCUT2D eigenvalue weighted by molar-refractivity contribution is -0.156. The zero-order valence-corrected chi connectivity index (χ0v) is 16.3. The van der Waals surface area contributed by atoms with Crippen molar-refractivity contribution in [1.82, 2.24) is 4.90 Å². The van der Waals surface area contributed by atoms with Gasteiger partial charge in [-0.3, -0.25) is 4.79 Å². The van der Waals surface area contributed by atoms with Crippen LogP contribution in [0.15, 0.2) is 30.3 Å². The van der Waals surface area contributed by atoms with Gasteiger partial charge in [-0.25, -0.2) is 13.2 Å². The fourth-order valence-corrected chi connectivity index (χ4v) is 4.81. The molecule has 0 aromatic heterocycles. The van der Waals surface area contributed by atoms with Gasteiger partial charge in [0.1, 0.15) is 0 Å². The number of benzene rings is 1. The number of nitrogens with zero attached hydrogens (tertiary/aromatic N) is 1. The molecule has 0 N–H and O–H groups in total. The van der Waals surface area contributed by atoms with Gasteiger partial charge in [0.05, 0.1) is 11.5 Å². The molecule has 1 heterocycles. The van der Waals surface area contributed by atoms with E-state index in [2.05, 4.69) is 0 Å². The number of amides is 1. The van der Waals surface area contributed by atoms with Crippen molar-refractivity contribution < 1.29 is 22.7 Å². The summed E-state index contributed by atoms with van der Waals surface area (Å²) in [5.41, 5.74) is 0.663. The number of esters is 1. The molecular weight excluding hydrogens is 378 g/mol. The van der Waals surface area contributed by atoms with Gasteiger partial charge < -0.3 is 9.64 Å². The number of carbonyl (C=O) groups excluding carboxylic acids is 2. The highest BCUT2D eigenvalue weighted by molar-refractivity contribution is 7.91. The van der Waals surface area contributed by atoms with Crippen LogP contribution < -0.4 is 0 Å². The highest BCUT2D eigenvalue weighted by Crippen LogP contribution is 2.19. The first-order chi connectivity index (χ1) is 12.2. The minimum absolute atomic E-state index is 0.0420. The Balaban J connectivity index is 1.97. The van der Waals surface area contributed by atoms with E-state index in [1.165, 1.54) is 24.0 Å². The Morgan fingerprint density at radius 1 is 1.38 bits per heavy atom. The molecule has 8 heteroatoms. The molecule has 0 spiro atoms. The van der Waals surface area contributed by atoms with Crippen molar-refractivity contribution in [2.24, 2.45) is 0 Å². The largest absolute Gasteiger partial charge is 0.449 e. The van der Waals surface area contributed by atoms with Crippen molar-refractivity contribution in [2.75, 3.05) is 18.1 Å². The highest BCUT2D eigenvalue weighted by Gasteiger charge is 2.36. The summed E-state index contributed by atoms with van der Waals surface area (Å²) in [6.07, 6.45) is 2.14. The molecule has 0 aliphatic carbocycles. The van der Waals surface area contributed by atoms with E-state index in [1.54, 1.807) is 31.2 Å². The lowest BCUT2D eigenvalue weighted by Gasteiger charge is -2.29. The molecule has 1 saturated heterocycles. The molecule has 2 atom stereocenters. The zero-order chi connectivity index (χ0) is 19.3. The van der Waals surface area contributed by atoms with Crippen molar-refractivity contribution in [3.63, 3.8) is 0 Å². The Hall–Kier alpha value is -1.86. The van der Waals surface area contributed by atoms with Gasteiger partial charge in [0, 0.05) is 23.7 Å². The van der Waals surface area contributed by atoms with Crippen LogP contribution in [0.3, 0.4) is 0 Å². The maximum absolute atomic E-state index is 12.5. The molecule has 2 unspecified atom stereocenters. The van der Waals surface area contributed by atoms with E-state index < -0.39 is 27.8 Å². The molecular formula is C18H22ClNO5S. The lowest BCUT2D eigenvalue weighted by atomic mass is 10.2. The molecule has 1 fully saturated rings. The summed E-state index contributed by atoms with van der Waals surface area (Å²) >= 11 is 6.01. The summed E-state index contributed by atoms with van der Waals surface area (Å²) in [5, 5.41) is 0.500. The molecule has 2 rings (SSSR count). The van der Waals surface area contributed by atoms with Gasteiger partial charge in [-0.2, -0.15) is 0 Å². The predicted octanol–water partition coefficient (Wildman–Crippen LogP) is 2.32. The molecule has 142 valence electrons. The number of likely N-dealkylation sites (N-methyl/N-ethyl adjacent to an activating group) is 1. The van der Waals surface area contributed by atoms with E-state index in [0.717, 1.165) is 0 Å². The van der Waals surface area contributed by atoms with E-state index in [-0.39, 0.29) is 17.5 Å². The van der Waals surface area contributed by atoms with E-state index in [4.69, 9.17) is 16.3 Å². The number of ether oxygens (including phenoxy) is 1. The molecule has 1 aromatic carbocycles. The van der Waals surface area contributed by atoms with E-state index in [0.29, 0.717) is 23.6 Å². The second-order valence-corrected chi connectivity index (χ2v) is 8.75. The van der Waals surface area contributed by atoms with Crippen LogP contribution in [0.5, 0.6) is 0 Å². The minimum Gasteiger partial charge on any atom is -0.449 e. The molecule has 26 heavy (non-hydrogen) atoms. The summed E-state index contributed by atoms with van der Waals surface area (Å²) in [6.45, 7) is 3.61. The van der Waals surface area contributed by atoms with E-state index in [1.807, 2.05) is 0 Å². The van der Waals surface area contributed by atoms with E-state index in [9.17, 15) is 18.0 Å². The van der Waals surface area contributed by atoms with Crippen LogP contribution in [0, 0.1) is 0 Å². The molecule has 1 aliphatic heterocycles. The van der Waals surface area contributed by atoms with Crippen LogP contribution in [0.2, 0.25) is 5.02 Å². The second-order valence-electron chi connectivity index (χ2n) is 6.12. The van der Waals surface area contributed by atoms with Crippen LogP contribution >= 0.6 is 11.6 Å². The van der Waals surface area contributed by atoms with Crippen molar-refractivity contribution >= 4 is 39.4 Å². The minimum atomic E-state index is -3.10. The predicted molar refractivity (Wildman–Crippen MR) is 100 cm³/mol. The lowest BCUT2D eigenvalue weighted by Crippen LogP contribution is -2.46. The smallest absolute Gasteiger partial charge is 0.331 e. The monoisotopic (exact) mass is 399 g/mol. The number of sulfone groups is 1. The Morgan fingerprint density at radius 2 is 2.08 bits per heavy atom. The van der Waals surface area contributed by atoms with Crippen molar-refractivity contribution in [2.45, 2.75) is 32.4 Å². The van der Waals surface area contributed by atoms with Crippen molar-refractivity contribution in [3.8, 4) is 0 Å². The third-order valence-electron chi connectivity index (χ3n) is 4.22. The molecule has 0 saturated carbocycles. The Kier molecular flexibility index (Phi) is 6.83. The fraction of sp³-hybridized carbons (Fsp3) is 0.444. The summed E-state index contributed by atoms with van der Waals surface area (Å²) < 4.78 is 28.4. The molecule has 1 amide bonds. The van der Waals surface area contributed by atoms with Crippen molar-refractivity contribution in [1.29, 1.82) is 0 Å². The van der Waals surface area contributed by atoms with Gasteiger partial charge in [-0.05, 0) is 38.0 Å². The summed E-state index contributed by atoms with van der Waals surface area (Å²) in [4.78, 5) is 26.0. The number of hydrogen-bond acceptors (Lipinski definition) is 5. The zero-order valence-electron chi connectivity index (χ0n) is 14.7. The van der Waals surface area contributed by atoms with Crippen molar-refractivity contribution in [3.05, 3.63) is 40.9 Å². The normalized spacial score (nSPS) is 20.0. The standard InChI is InChI=1S/C18H22ClNO5S/c1-3-20(15-10-11-26(23,24)12-15)18(22)13(2)25-17(21)9-8-14-6-4-5-7-16(14)19/h4-9,13,15H,3,10-12H2,1-2H3/b9-8+. The molecule has 6 nitrogen and oxygen atoms in total. The van der Waals surface area contributed by atoms with Gasteiger partial charge in [-0.1, -0.05) is 29.8 Å². The maximum Gasteiger partial charge on any atom is 0.331 e. The molecule has 0 bridgehead atoms. The molecule has 0 radical (unpaired) electrons. The van der Waals surface area contributed by atoms with Gasteiger partial charge in [0.2, 0.25) is 0 Å². The van der Waals surface area contributed by atoms with Crippen LogP contribution in [0.4, 0.5) is 0 Å². The maximum atomic E-state index is 12.5. The first-order valence-corrected chi connectivity index (χ1v) is 10.6. The number of carbonyl (C=O) groups is 2. The first-order valence-electron chi connectivity index (χ1n) is 8.37. The summed E-state index contributed by atoms with van der Waals surface area (Å²) in [7, 11) is -3.10. The highest BCUT2D eigenvalue weighted by atomic mass is 35.5. The number of rotatable bonds is 6. The average Bonchev–Trinajstić information content (AvgIpc) is 2.94. The Bertz CT molecular complexity index is 806.